The van der Waals surface area contributed by atoms with Crippen LogP contribution >= 0.6 is 0 Å². The van der Waals surface area contributed by atoms with E-state index in [0.717, 1.165) is 47.0 Å². The third-order valence-corrected chi connectivity index (χ3v) is 8.07. The van der Waals surface area contributed by atoms with Crippen molar-refractivity contribution in [3.63, 3.8) is 0 Å². The SMILES string of the molecule is COc1ccccc1-n1c(-c2ccccc2)cc(C(=O)N2CCN(C(c3ccccc3)c3ccccc3)CC2)c1C. The number of carbonyl (C=O) groups is 1. The van der Waals surface area contributed by atoms with Crippen molar-refractivity contribution in [3.05, 3.63) is 144 Å². The Bertz CT molecular complexity index is 1570. The highest BCUT2D eigenvalue weighted by molar-refractivity contribution is 5.97. The summed E-state index contributed by atoms with van der Waals surface area (Å²) in [6.07, 6.45) is 0. The number of hydrogen-bond acceptors (Lipinski definition) is 3. The zero-order chi connectivity index (χ0) is 28.2. The molecule has 0 aliphatic carbocycles. The monoisotopic (exact) mass is 541 g/mol. The molecule has 4 aromatic carbocycles. The van der Waals surface area contributed by atoms with Crippen LogP contribution in [0.4, 0.5) is 0 Å². The Balaban J connectivity index is 1.30. The molecule has 5 heteroatoms. The molecule has 0 spiro atoms. The van der Waals surface area contributed by atoms with Gasteiger partial charge in [0.05, 0.1) is 30.1 Å². The summed E-state index contributed by atoms with van der Waals surface area (Å²) in [4.78, 5) is 18.6. The first kappa shape index (κ1) is 26.6. The van der Waals surface area contributed by atoms with Gasteiger partial charge in [-0.05, 0) is 41.8 Å². The van der Waals surface area contributed by atoms with Crippen molar-refractivity contribution in [1.29, 1.82) is 0 Å². The molecule has 1 aliphatic heterocycles. The van der Waals surface area contributed by atoms with Crippen LogP contribution in [0, 0.1) is 6.92 Å². The van der Waals surface area contributed by atoms with Crippen LogP contribution in [0.25, 0.3) is 16.9 Å². The van der Waals surface area contributed by atoms with Crippen LogP contribution in [0.15, 0.2) is 121 Å². The zero-order valence-electron chi connectivity index (χ0n) is 23.6. The molecule has 1 aromatic heterocycles. The average molecular weight is 542 g/mol. The number of aromatic nitrogens is 1. The second kappa shape index (κ2) is 11.9. The molecular weight excluding hydrogens is 506 g/mol. The van der Waals surface area contributed by atoms with Gasteiger partial charge in [-0.1, -0.05) is 103 Å². The lowest BCUT2D eigenvalue weighted by atomic mass is 9.96. The van der Waals surface area contributed by atoms with Gasteiger partial charge in [-0.25, -0.2) is 0 Å². The minimum absolute atomic E-state index is 0.0731. The highest BCUT2D eigenvalue weighted by atomic mass is 16.5. The molecule has 5 aromatic rings. The molecule has 0 atom stereocenters. The lowest BCUT2D eigenvalue weighted by Gasteiger charge is -2.39. The molecule has 2 heterocycles. The Labute approximate surface area is 242 Å². The van der Waals surface area contributed by atoms with Crippen LogP contribution in [0.1, 0.15) is 33.2 Å². The molecule has 0 saturated carbocycles. The highest BCUT2D eigenvalue weighted by Crippen LogP contribution is 2.35. The molecule has 1 amide bonds. The fourth-order valence-electron chi connectivity index (χ4n) is 6.01. The lowest BCUT2D eigenvalue weighted by Crippen LogP contribution is -2.50. The number of amides is 1. The predicted octanol–water partition coefficient (Wildman–Crippen LogP) is 7.01. The van der Waals surface area contributed by atoms with Crippen LogP contribution in [0.2, 0.25) is 0 Å². The van der Waals surface area contributed by atoms with Crippen molar-refractivity contribution in [2.24, 2.45) is 0 Å². The summed E-state index contributed by atoms with van der Waals surface area (Å²) in [7, 11) is 1.68. The summed E-state index contributed by atoms with van der Waals surface area (Å²) < 4.78 is 7.87. The molecule has 0 unspecified atom stereocenters. The van der Waals surface area contributed by atoms with Gasteiger partial charge in [0.25, 0.3) is 5.91 Å². The number of carbonyl (C=O) groups excluding carboxylic acids is 1. The predicted molar refractivity (Wildman–Crippen MR) is 165 cm³/mol. The maximum Gasteiger partial charge on any atom is 0.255 e. The Kier molecular flexibility index (Phi) is 7.70. The maximum atomic E-state index is 14.1. The van der Waals surface area contributed by atoms with Gasteiger partial charge in [0, 0.05) is 31.9 Å². The number of hydrogen-bond donors (Lipinski definition) is 0. The standard InChI is InChI=1S/C36H35N3O2/c1-27-31(26-33(28-14-6-3-7-15-28)39(27)32-20-12-13-21-34(32)41-2)36(40)38-24-22-37(23-25-38)35(29-16-8-4-9-17-29)30-18-10-5-11-19-30/h3-21,26,35H,22-25H2,1-2H3. The first-order valence-electron chi connectivity index (χ1n) is 14.2. The number of piperazine rings is 1. The van der Waals surface area contributed by atoms with Gasteiger partial charge >= 0.3 is 0 Å². The normalized spacial score (nSPS) is 13.9. The van der Waals surface area contributed by atoms with Gasteiger partial charge in [-0.3, -0.25) is 9.69 Å². The number of methoxy groups -OCH3 is 1. The zero-order valence-corrected chi connectivity index (χ0v) is 23.6. The number of para-hydroxylation sites is 2. The fourth-order valence-corrected chi connectivity index (χ4v) is 6.01. The molecule has 1 aliphatic rings. The Morgan fingerprint density at radius 3 is 1.83 bits per heavy atom. The van der Waals surface area contributed by atoms with E-state index in [1.165, 1.54) is 11.1 Å². The molecular formula is C36H35N3O2. The maximum absolute atomic E-state index is 14.1. The molecule has 5 nitrogen and oxygen atoms in total. The van der Waals surface area contributed by atoms with Gasteiger partial charge in [0.1, 0.15) is 5.75 Å². The third-order valence-electron chi connectivity index (χ3n) is 8.07. The molecule has 1 fully saturated rings. The molecule has 0 bridgehead atoms. The average Bonchev–Trinajstić information content (AvgIpc) is 3.39. The van der Waals surface area contributed by atoms with E-state index in [1.807, 2.05) is 60.4 Å². The van der Waals surface area contributed by atoms with Gasteiger partial charge in [-0.15, -0.1) is 0 Å². The third kappa shape index (κ3) is 5.29. The quantitative estimate of drug-likeness (QED) is 0.222. The van der Waals surface area contributed by atoms with Crippen molar-refractivity contribution in [2.45, 2.75) is 13.0 Å². The van der Waals surface area contributed by atoms with E-state index in [2.05, 4.69) is 82.3 Å². The molecule has 1 saturated heterocycles. The summed E-state index contributed by atoms with van der Waals surface area (Å²) in [5.41, 5.74) is 7.13. The minimum Gasteiger partial charge on any atom is -0.495 e. The van der Waals surface area contributed by atoms with Crippen LogP contribution in [-0.4, -0.2) is 53.6 Å². The van der Waals surface area contributed by atoms with Crippen LogP contribution < -0.4 is 4.74 Å². The van der Waals surface area contributed by atoms with E-state index < -0.39 is 0 Å². The number of benzene rings is 4. The van der Waals surface area contributed by atoms with Gasteiger partial charge < -0.3 is 14.2 Å². The van der Waals surface area contributed by atoms with Crippen molar-refractivity contribution in [1.82, 2.24) is 14.4 Å². The van der Waals surface area contributed by atoms with Gasteiger partial charge in [0.15, 0.2) is 0 Å². The molecule has 6 rings (SSSR count). The summed E-state index contributed by atoms with van der Waals surface area (Å²) >= 11 is 0. The van der Waals surface area contributed by atoms with Crippen LogP contribution in [-0.2, 0) is 0 Å². The topological polar surface area (TPSA) is 37.7 Å². The summed E-state index contributed by atoms with van der Waals surface area (Å²) in [5.74, 6) is 0.841. The van der Waals surface area contributed by atoms with E-state index in [-0.39, 0.29) is 11.9 Å². The lowest BCUT2D eigenvalue weighted by molar-refractivity contribution is 0.0596. The molecule has 0 radical (unpaired) electrons. The Hall–Kier alpha value is -4.61. The van der Waals surface area contributed by atoms with Crippen molar-refractivity contribution in [2.75, 3.05) is 33.3 Å². The minimum atomic E-state index is 0.0731. The summed E-state index contributed by atoms with van der Waals surface area (Å²) in [6.45, 7) is 4.99. The van der Waals surface area contributed by atoms with E-state index >= 15 is 0 Å². The summed E-state index contributed by atoms with van der Waals surface area (Å²) in [6, 6.07) is 41.7. The van der Waals surface area contributed by atoms with Crippen molar-refractivity contribution >= 4 is 5.91 Å². The Morgan fingerprint density at radius 2 is 1.24 bits per heavy atom. The van der Waals surface area contributed by atoms with E-state index in [1.54, 1.807) is 7.11 Å². The van der Waals surface area contributed by atoms with Gasteiger partial charge in [0.2, 0.25) is 0 Å². The first-order valence-corrected chi connectivity index (χ1v) is 14.2. The van der Waals surface area contributed by atoms with Crippen LogP contribution in [0.5, 0.6) is 5.75 Å². The second-order valence-electron chi connectivity index (χ2n) is 10.5. The largest absolute Gasteiger partial charge is 0.495 e. The number of ether oxygens (including phenoxy) is 1. The van der Waals surface area contributed by atoms with Gasteiger partial charge in [-0.2, -0.15) is 0 Å². The summed E-state index contributed by atoms with van der Waals surface area (Å²) in [5, 5.41) is 0. The fraction of sp³-hybridized carbons (Fsp3) is 0.194. The van der Waals surface area contributed by atoms with Crippen LogP contribution in [0.3, 0.4) is 0 Å². The second-order valence-corrected chi connectivity index (χ2v) is 10.5. The van der Waals surface area contributed by atoms with E-state index in [0.29, 0.717) is 13.1 Å². The first-order chi connectivity index (χ1) is 20.2. The Morgan fingerprint density at radius 1 is 0.707 bits per heavy atom. The molecule has 41 heavy (non-hydrogen) atoms. The van der Waals surface area contributed by atoms with E-state index in [4.69, 9.17) is 4.74 Å². The van der Waals surface area contributed by atoms with Crippen molar-refractivity contribution in [3.8, 4) is 22.7 Å². The molecule has 0 N–H and O–H groups in total. The highest BCUT2D eigenvalue weighted by Gasteiger charge is 2.30. The number of nitrogens with zero attached hydrogens (tertiary/aromatic N) is 3. The molecule has 206 valence electrons. The van der Waals surface area contributed by atoms with Crippen molar-refractivity contribution < 1.29 is 9.53 Å². The number of rotatable bonds is 7. The van der Waals surface area contributed by atoms with E-state index in [9.17, 15) is 4.79 Å². The smallest absolute Gasteiger partial charge is 0.255 e.